The van der Waals surface area contributed by atoms with E-state index in [4.69, 9.17) is 4.98 Å². The summed E-state index contributed by atoms with van der Waals surface area (Å²) in [5.41, 5.74) is 1.73. The smallest absolute Gasteiger partial charge is 0.257 e. The number of rotatable bonds is 5. The van der Waals surface area contributed by atoms with E-state index in [0.717, 1.165) is 49.0 Å². The third kappa shape index (κ3) is 4.23. The molecule has 3 aromatic rings. The highest BCUT2D eigenvalue weighted by Gasteiger charge is 2.21. The summed E-state index contributed by atoms with van der Waals surface area (Å²) in [6.45, 7) is 6.45. The number of piperazine rings is 1. The minimum Gasteiger partial charge on any atom is -0.351 e. The zero-order valence-corrected chi connectivity index (χ0v) is 16.9. The van der Waals surface area contributed by atoms with Crippen molar-refractivity contribution in [2.75, 3.05) is 44.2 Å². The van der Waals surface area contributed by atoms with E-state index in [1.165, 1.54) is 16.3 Å². The molecule has 2 aromatic carbocycles. The van der Waals surface area contributed by atoms with Crippen LogP contribution in [0.15, 0.2) is 36.4 Å². The van der Waals surface area contributed by atoms with E-state index in [0.29, 0.717) is 13.1 Å². The van der Waals surface area contributed by atoms with Crippen LogP contribution < -0.4 is 10.2 Å². The Hall–Kier alpha value is -2.58. The lowest BCUT2D eigenvalue weighted by molar-refractivity contribution is 0.0939. The second-order valence-corrected chi connectivity index (χ2v) is 8.11. The summed E-state index contributed by atoms with van der Waals surface area (Å²) in [5, 5.41) is 3.65. The first-order valence-electron chi connectivity index (χ1n) is 9.58. The van der Waals surface area contributed by atoms with E-state index in [1.54, 1.807) is 11.3 Å². The van der Waals surface area contributed by atoms with Crippen LogP contribution in [0.4, 0.5) is 13.9 Å². The molecule has 1 saturated heterocycles. The number of anilines is 1. The van der Waals surface area contributed by atoms with Gasteiger partial charge in [-0.1, -0.05) is 29.5 Å². The van der Waals surface area contributed by atoms with Gasteiger partial charge in [0.05, 0.1) is 10.2 Å². The molecule has 29 heavy (non-hydrogen) atoms. The first kappa shape index (κ1) is 19.7. The van der Waals surface area contributed by atoms with Crippen molar-refractivity contribution in [3.63, 3.8) is 0 Å². The number of hydrogen-bond acceptors (Lipinski definition) is 5. The largest absolute Gasteiger partial charge is 0.351 e. The summed E-state index contributed by atoms with van der Waals surface area (Å²) in [6, 6.07) is 9.64. The van der Waals surface area contributed by atoms with Gasteiger partial charge >= 0.3 is 0 Å². The van der Waals surface area contributed by atoms with Crippen LogP contribution in [0.2, 0.25) is 0 Å². The number of aryl methyl sites for hydroxylation is 1. The van der Waals surface area contributed by atoms with Crippen molar-refractivity contribution in [2.45, 2.75) is 6.92 Å². The van der Waals surface area contributed by atoms with Gasteiger partial charge in [0.15, 0.2) is 5.13 Å². The fourth-order valence-corrected chi connectivity index (χ4v) is 4.60. The number of amides is 1. The summed E-state index contributed by atoms with van der Waals surface area (Å²) in [4.78, 5) is 21.4. The van der Waals surface area contributed by atoms with Crippen LogP contribution >= 0.6 is 11.3 Å². The molecule has 2 heterocycles. The van der Waals surface area contributed by atoms with Crippen LogP contribution in [0, 0.1) is 18.6 Å². The van der Waals surface area contributed by atoms with Crippen LogP contribution in [0.25, 0.3) is 10.2 Å². The van der Waals surface area contributed by atoms with Gasteiger partial charge in [0.25, 0.3) is 5.91 Å². The average Bonchev–Trinajstić information content (AvgIpc) is 3.14. The van der Waals surface area contributed by atoms with Gasteiger partial charge in [-0.3, -0.25) is 9.69 Å². The highest BCUT2D eigenvalue weighted by molar-refractivity contribution is 7.22. The Morgan fingerprint density at radius 1 is 1.10 bits per heavy atom. The van der Waals surface area contributed by atoms with E-state index in [1.807, 2.05) is 0 Å². The Bertz CT molecular complexity index is 1010. The Morgan fingerprint density at radius 3 is 2.48 bits per heavy atom. The van der Waals surface area contributed by atoms with Crippen LogP contribution in [0.1, 0.15) is 15.9 Å². The molecule has 0 bridgehead atoms. The number of thiazole rings is 1. The predicted octanol–water partition coefficient (Wildman–Crippen LogP) is 3.43. The Morgan fingerprint density at radius 2 is 1.79 bits per heavy atom. The zero-order chi connectivity index (χ0) is 20.4. The zero-order valence-electron chi connectivity index (χ0n) is 16.1. The predicted molar refractivity (Wildman–Crippen MR) is 112 cm³/mol. The van der Waals surface area contributed by atoms with Gasteiger partial charge < -0.3 is 10.2 Å². The maximum atomic E-state index is 13.7. The topological polar surface area (TPSA) is 48.5 Å². The van der Waals surface area contributed by atoms with Gasteiger partial charge in [-0.2, -0.15) is 0 Å². The Labute approximate surface area is 172 Å². The first-order valence-corrected chi connectivity index (χ1v) is 10.4. The van der Waals surface area contributed by atoms with Gasteiger partial charge in [-0.15, -0.1) is 0 Å². The van der Waals surface area contributed by atoms with Crippen LogP contribution in [-0.4, -0.2) is 55.1 Å². The monoisotopic (exact) mass is 416 g/mol. The van der Waals surface area contributed by atoms with Crippen molar-refractivity contribution in [1.29, 1.82) is 0 Å². The van der Waals surface area contributed by atoms with E-state index < -0.39 is 23.1 Å². The van der Waals surface area contributed by atoms with E-state index in [2.05, 4.69) is 40.2 Å². The van der Waals surface area contributed by atoms with E-state index >= 15 is 0 Å². The van der Waals surface area contributed by atoms with Gasteiger partial charge in [0, 0.05) is 39.3 Å². The van der Waals surface area contributed by atoms with Crippen LogP contribution in [0.5, 0.6) is 0 Å². The van der Waals surface area contributed by atoms with Crippen molar-refractivity contribution < 1.29 is 13.6 Å². The molecule has 0 saturated carbocycles. The molecule has 8 heteroatoms. The van der Waals surface area contributed by atoms with Gasteiger partial charge in [-0.05, 0) is 30.7 Å². The SMILES string of the molecule is Cc1cccc2sc(N3CCN(CCNC(=O)c4c(F)cccc4F)CC3)nc12. The van der Waals surface area contributed by atoms with Crippen LogP contribution in [-0.2, 0) is 0 Å². The standard InChI is InChI=1S/C21H22F2N4OS/c1-14-4-2-7-17-19(14)25-21(29-17)27-12-10-26(11-13-27)9-8-24-20(28)18-15(22)5-3-6-16(18)23/h2-7H,8-13H2,1H3,(H,24,28). The molecule has 1 N–H and O–H groups in total. The molecule has 0 aliphatic carbocycles. The number of para-hydroxylation sites is 1. The Balaban J connectivity index is 1.28. The highest BCUT2D eigenvalue weighted by Crippen LogP contribution is 2.30. The fourth-order valence-electron chi connectivity index (χ4n) is 3.50. The molecule has 0 atom stereocenters. The summed E-state index contributed by atoms with van der Waals surface area (Å²) < 4.78 is 28.5. The van der Waals surface area contributed by atoms with Crippen molar-refractivity contribution in [1.82, 2.24) is 15.2 Å². The number of aromatic nitrogens is 1. The number of halogens is 2. The molecular formula is C21H22F2N4OS. The Kier molecular flexibility index (Phi) is 5.73. The normalized spacial score (nSPS) is 15.1. The molecular weight excluding hydrogens is 394 g/mol. The maximum absolute atomic E-state index is 13.7. The molecule has 0 radical (unpaired) electrons. The van der Waals surface area contributed by atoms with Crippen LogP contribution in [0.3, 0.4) is 0 Å². The molecule has 152 valence electrons. The fraction of sp³-hybridized carbons (Fsp3) is 0.333. The molecule has 0 spiro atoms. The number of hydrogen-bond donors (Lipinski definition) is 1. The quantitative estimate of drug-likeness (QED) is 0.692. The lowest BCUT2D eigenvalue weighted by atomic mass is 10.2. The highest BCUT2D eigenvalue weighted by atomic mass is 32.1. The van der Waals surface area contributed by atoms with E-state index in [-0.39, 0.29) is 0 Å². The first-order chi connectivity index (χ1) is 14.0. The maximum Gasteiger partial charge on any atom is 0.257 e. The summed E-state index contributed by atoms with van der Waals surface area (Å²) in [6.07, 6.45) is 0. The molecule has 1 amide bonds. The lowest BCUT2D eigenvalue weighted by Crippen LogP contribution is -2.48. The number of carbonyl (C=O) groups excluding carboxylic acids is 1. The van der Waals surface area contributed by atoms with Gasteiger partial charge in [0.1, 0.15) is 17.2 Å². The van der Waals surface area contributed by atoms with E-state index in [9.17, 15) is 13.6 Å². The molecule has 0 unspecified atom stereocenters. The van der Waals surface area contributed by atoms with Crippen molar-refractivity contribution in [3.8, 4) is 0 Å². The minimum absolute atomic E-state index is 0.340. The molecule has 5 nitrogen and oxygen atoms in total. The molecule has 1 fully saturated rings. The van der Waals surface area contributed by atoms with Gasteiger partial charge in [0.2, 0.25) is 0 Å². The minimum atomic E-state index is -0.845. The lowest BCUT2D eigenvalue weighted by Gasteiger charge is -2.34. The number of carbonyl (C=O) groups is 1. The third-order valence-electron chi connectivity index (χ3n) is 5.16. The molecule has 1 aliphatic heterocycles. The summed E-state index contributed by atoms with van der Waals surface area (Å²) in [7, 11) is 0. The second kappa shape index (κ2) is 8.42. The average molecular weight is 416 g/mol. The van der Waals surface area contributed by atoms with Gasteiger partial charge in [-0.25, -0.2) is 13.8 Å². The summed E-state index contributed by atoms with van der Waals surface area (Å²) >= 11 is 1.71. The molecule has 1 aliphatic rings. The second-order valence-electron chi connectivity index (χ2n) is 7.10. The number of benzene rings is 2. The summed E-state index contributed by atoms with van der Waals surface area (Å²) in [5.74, 6) is -2.41. The molecule has 4 rings (SSSR count). The molecule has 1 aromatic heterocycles. The number of nitrogens with zero attached hydrogens (tertiary/aromatic N) is 3. The van der Waals surface area contributed by atoms with Crippen molar-refractivity contribution >= 4 is 32.6 Å². The van der Waals surface area contributed by atoms with Crippen molar-refractivity contribution in [2.24, 2.45) is 0 Å². The number of fused-ring (bicyclic) bond motifs is 1. The number of nitrogens with one attached hydrogen (secondary N) is 1. The van der Waals surface area contributed by atoms with Crippen molar-refractivity contribution in [3.05, 3.63) is 59.2 Å². The third-order valence-corrected chi connectivity index (χ3v) is 6.24.